The van der Waals surface area contributed by atoms with E-state index in [1.165, 1.54) is 11.0 Å². The summed E-state index contributed by atoms with van der Waals surface area (Å²) in [7, 11) is 3.28. The second kappa shape index (κ2) is 6.61. The van der Waals surface area contributed by atoms with Crippen molar-refractivity contribution in [3.05, 3.63) is 35.6 Å². The molecule has 0 aliphatic heterocycles. The molecule has 0 saturated heterocycles. The molecule has 0 fully saturated rings. The maximum absolute atomic E-state index is 13.5. The normalized spacial score (nSPS) is 13.4. The molecule has 0 bridgehead atoms. The summed E-state index contributed by atoms with van der Waals surface area (Å²) in [4.78, 5) is 1.48. The molecular formula is C12H17F3N2. The first kappa shape index (κ1) is 14.0. The average molecular weight is 246 g/mol. The smallest absolute Gasteiger partial charge is 0.251 e. The van der Waals surface area contributed by atoms with Crippen molar-refractivity contribution in [2.45, 2.75) is 12.5 Å². The van der Waals surface area contributed by atoms with Gasteiger partial charge in [0.1, 0.15) is 5.82 Å². The van der Waals surface area contributed by atoms with Crippen molar-refractivity contribution in [3.8, 4) is 0 Å². The Labute approximate surface area is 99.4 Å². The minimum Gasteiger partial charge on any atom is -0.312 e. The van der Waals surface area contributed by atoms with Crippen LogP contribution in [0.15, 0.2) is 24.3 Å². The third-order valence-electron chi connectivity index (χ3n) is 2.57. The molecule has 2 nitrogen and oxygen atoms in total. The summed E-state index contributed by atoms with van der Waals surface area (Å²) in [5.74, 6) is -0.322. The van der Waals surface area contributed by atoms with Gasteiger partial charge in [-0.15, -0.1) is 0 Å². The molecule has 1 N–H and O–H groups in total. The maximum atomic E-state index is 13.5. The number of nitrogens with zero attached hydrogens (tertiary/aromatic N) is 1. The number of rotatable bonds is 6. The summed E-state index contributed by atoms with van der Waals surface area (Å²) < 4.78 is 37.9. The Kier molecular flexibility index (Phi) is 5.44. The standard InChI is InChI=1S/C12H17F3N2/c1-16-11(7-17(2)8-12(14)15)9-5-3-4-6-10(9)13/h3-6,11-12,16H,7-8H2,1-2H3. The molecule has 17 heavy (non-hydrogen) atoms. The number of alkyl halides is 2. The second-order valence-corrected chi connectivity index (χ2v) is 3.98. The van der Waals surface area contributed by atoms with Crippen LogP contribution in [-0.4, -0.2) is 38.5 Å². The SMILES string of the molecule is CNC(CN(C)CC(F)F)c1ccccc1F. The van der Waals surface area contributed by atoms with Crippen LogP contribution in [0.1, 0.15) is 11.6 Å². The molecule has 5 heteroatoms. The fourth-order valence-electron chi connectivity index (χ4n) is 1.72. The van der Waals surface area contributed by atoms with Crippen LogP contribution in [0, 0.1) is 5.82 Å². The van der Waals surface area contributed by atoms with Gasteiger partial charge >= 0.3 is 0 Å². The molecule has 0 aliphatic carbocycles. The van der Waals surface area contributed by atoms with Crippen LogP contribution in [0.2, 0.25) is 0 Å². The molecule has 0 spiro atoms. The first-order valence-corrected chi connectivity index (χ1v) is 5.43. The van der Waals surface area contributed by atoms with Crippen LogP contribution < -0.4 is 5.32 Å². The van der Waals surface area contributed by atoms with Crippen LogP contribution >= 0.6 is 0 Å². The Balaban J connectivity index is 2.69. The van der Waals surface area contributed by atoms with Gasteiger partial charge in [-0.3, -0.25) is 4.90 Å². The zero-order valence-corrected chi connectivity index (χ0v) is 9.96. The van der Waals surface area contributed by atoms with Gasteiger partial charge in [-0.1, -0.05) is 18.2 Å². The lowest BCUT2D eigenvalue weighted by molar-refractivity contribution is 0.0961. The van der Waals surface area contributed by atoms with Gasteiger partial charge in [-0.05, 0) is 20.2 Å². The van der Waals surface area contributed by atoms with Crippen molar-refractivity contribution >= 4 is 0 Å². The van der Waals surface area contributed by atoms with Gasteiger partial charge in [-0.25, -0.2) is 13.2 Å². The summed E-state index contributed by atoms with van der Waals surface area (Å²) in [6, 6.07) is 6.07. The molecule has 1 aromatic carbocycles. The highest BCUT2D eigenvalue weighted by Gasteiger charge is 2.17. The van der Waals surface area contributed by atoms with Gasteiger partial charge in [0.05, 0.1) is 6.54 Å². The molecule has 0 saturated carbocycles. The molecule has 1 atom stereocenters. The fourth-order valence-corrected chi connectivity index (χ4v) is 1.72. The molecule has 0 radical (unpaired) electrons. The van der Waals surface area contributed by atoms with E-state index in [-0.39, 0.29) is 18.4 Å². The number of likely N-dealkylation sites (N-methyl/N-ethyl adjacent to an activating group) is 2. The van der Waals surface area contributed by atoms with Crippen molar-refractivity contribution in [1.29, 1.82) is 0 Å². The predicted molar refractivity (Wildman–Crippen MR) is 61.7 cm³/mol. The molecule has 0 aromatic heterocycles. The number of halogens is 3. The van der Waals surface area contributed by atoms with E-state index >= 15 is 0 Å². The minimum atomic E-state index is -2.38. The lowest BCUT2D eigenvalue weighted by Gasteiger charge is -2.24. The second-order valence-electron chi connectivity index (χ2n) is 3.98. The monoisotopic (exact) mass is 246 g/mol. The Bertz CT molecular complexity index is 344. The highest BCUT2D eigenvalue weighted by Crippen LogP contribution is 2.17. The lowest BCUT2D eigenvalue weighted by atomic mass is 10.1. The quantitative estimate of drug-likeness (QED) is 0.828. The predicted octanol–water partition coefficient (Wildman–Crippen LogP) is 2.28. The largest absolute Gasteiger partial charge is 0.312 e. The Morgan fingerprint density at radius 3 is 2.41 bits per heavy atom. The third kappa shape index (κ3) is 4.36. The van der Waals surface area contributed by atoms with E-state index in [0.29, 0.717) is 12.1 Å². The van der Waals surface area contributed by atoms with Gasteiger partial charge in [0, 0.05) is 18.2 Å². The van der Waals surface area contributed by atoms with Crippen LogP contribution in [0.4, 0.5) is 13.2 Å². The molecule has 1 aromatic rings. The van der Waals surface area contributed by atoms with Gasteiger partial charge in [-0.2, -0.15) is 0 Å². The van der Waals surface area contributed by atoms with Gasteiger partial charge in [0.2, 0.25) is 0 Å². The molecule has 0 aliphatic rings. The zero-order valence-electron chi connectivity index (χ0n) is 9.96. The van der Waals surface area contributed by atoms with Crippen molar-refractivity contribution < 1.29 is 13.2 Å². The van der Waals surface area contributed by atoms with Crippen molar-refractivity contribution in [1.82, 2.24) is 10.2 Å². The zero-order chi connectivity index (χ0) is 12.8. The highest BCUT2D eigenvalue weighted by atomic mass is 19.3. The van der Waals surface area contributed by atoms with E-state index < -0.39 is 6.43 Å². The van der Waals surface area contributed by atoms with E-state index in [4.69, 9.17) is 0 Å². The molecule has 96 valence electrons. The fraction of sp³-hybridized carbons (Fsp3) is 0.500. The van der Waals surface area contributed by atoms with E-state index in [2.05, 4.69) is 5.32 Å². The number of benzene rings is 1. The van der Waals surface area contributed by atoms with Gasteiger partial charge in [0.25, 0.3) is 6.43 Å². The van der Waals surface area contributed by atoms with Crippen molar-refractivity contribution in [2.24, 2.45) is 0 Å². The van der Waals surface area contributed by atoms with E-state index in [9.17, 15) is 13.2 Å². The van der Waals surface area contributed by atoms with E-state index in [1.807, 2.05) is 0 Å². The summed E-state index contributed by atoms with van der Waals surface area (Å²) in [5.41, 5.74) is 0.496. The summed E-state index contributed by atoms with van der Waals surface area (Å²) in [5, 5.41) is 2.94. The molecule has 1 rings (SSSR count). The highest BCUT2D eigenvalue weighted by molar-refractivity contribution is 5.21. The Morgan fingerprint density at radius 1 is 1.24 bits per heavy atom. The average Bonchev–Trinajstić information content (AvgIpc) is 2.26. The molecule has 0 amide bonds. The molecular weight excluding hydrogens is 229 g/mol. The van der Waals surface area contributed by atoms with E-state index in [0.717, 1.165) is 0 Å². The number of hydrogen-bond acceptors (Lipinski definition) is 2. The summed E-state index contributed by atoms with van der Waals surface area (Å²) in [6.07, 6.45) is -2.38. The Morgan fingerprint density at radius 2 is 1.88 bits per heavy atom. The summed E-state index contributed by atoms with van der Waals surface area (Å²) in [6.45, 7) is 0.0222. The Hall–Kier alpha value is -1.07. The third-order valence-corrected chi connectivity index (χ3v) is 2.57. The first-order chi connectivity index (χ1) is 8.04. The topological polar surface area (TPSA) is 15.3 Å². The minimum absolute atomic E-state index is 0.292. The molecule has 0 heterocycles. The van der Waals surface area contributed by atoms with Crippen LogP contribution in [-0.2, 0) is 0 Å². The maximum Gasteiger partial charge on any atom is 0.251 e. The van der Waals surface area contributed by atoms with Crippen LogP contribution in [0.25, 0.3) is 0 Å². The van der Waals surface area contributed by atoms with Gasteiger partial charge in [0.15, 0.2) is 0 Å². The van der Waals surface area contributed by atoms with Crippen LogP contribution in [0.3, 0.4) is 0 Å². The van der Waals surface area contributed by atoms with Crippen molar-refractivity contribution in [3.63, 3.8) is 0 Å². The number of nitrogens with one attached hydrogen (secondary N) is 1. The van der Waals surface area contributed by atoms with Gasteiger partial charge < -0.3 is 5.32 Å². The first-order valence-electron chi connectivity index (χ1n) is 5.43. The number of hydrogen-bond donors (Lipinski definition) is 1. The van der Waals surface area contributed by atoms with Crippen molar-refractivity contribution in [2.75, 3.05) is 27.2 Å². The van der Waals surface area contributed by atoms with Crippen LogP contribution in [0.5, 0.6) is 0 Å². The van der Waals surface area contributed by atoms with E-state index in [1.54, 1.807) is 32.3 Å². The molecule has 1 unspecified atom stereocenters. The summed E-state index contributed by atoms with van der Waals surface area (Å²) >= 11 is 0. The lowest BCUT2D eigenvalue weighted by Crippen LogP contribution is -2.34.